The number of rotatable bonds is 8. The molecule has 0 aromatic heterocycles. The van der Waals surface area contributed by atoms with Crippen molar-refractivity contribution in [1.29, 1.82) is 0 Å². The van der Waals surface area contributed by atoms with Crippen LogP contribution in [0.25, 0.3) is 0 Å². The predicted octanol–water partition coefficient (Wildman–Crippen LogP) is 3.21. The Kier molecular flexibility index (Phi) is 7.66. The highest BCUT2D eigenvalue weighted by Gasteiger charge is 2.31. The molecule has 1 heterocycles. The van der Waals surface area contributed by atoms with Crippen molar-refractivity contribution in [1.82, 2.24) is 15.1 Å². The van der Waals surface area contributed by atoms with Crippen molar-refractivity contribution in [3.05, 3.63) is 0 Å². The average molecular weight is 298 g/mol. The zero-order valence-electron chi connectivity index (χ0n) is 15.5. The molecule has 0 saturated carbocycles. The SMILES string of the molecule is CCCN1CCN(CC(CC)(CC)CNC(C)(C)C)CC1. The van der Waals surface area contributed by atoms with E-state index in [9.17, 15) is 0 Å². The lowest BCUT2D eigenvalue weighted by Crippen LogP contribution is -2.53. The van der Waals surface area contributed by atoms with Gasteiger partial charge in [0.2, 0.25) is 0 Å². The molecule has 1 saturated heterocycles. The summed E-state index contributed by atoms with van der Waals surface area (Å²) in [6, 6.07) is 0. The molecule has 0 amide bonds. The van der Waals surface area contributed by atoms with Gasteiger partial charge in [0.25, 0.3) is 0 Å². The second-order valence-corrected chi connectivity index (χ2v) is 7.93. The maximum atomic E-state index is 3.75. The van der Waals surface area contributed by atoms with E-state index in [0.717, 1.165) is 6.54 Å². The van der Waals surface area contributed by atoms with Crippen LogP contribution in [0.4, 0.5) is 0 Å². The summed E-state index contributed by atoms with van der Waals surface area (Å²) in [6.07, 6.45) is 3.81. The predicted molar refractivity (Wildman–Crippen MR) is 93.9 cm³/mol. The molecule has 0 unspecified atom stereocenters. The summed E-state index contributed by atoms with van der Waals surface area (Å²) < 4.78 is 0. The summed E-state index contributed by atoms with van der Waals surface area (Å²) in [6.45, 7) is 22.5. The monoisotopic (exact) mass is 297 g/mol. The minimum atomic E-state index is 0.218. The van der Waals surface area contributed by atoms with Crippen molar-refractivity contribution in [2.24, 2.45) is 5.41 Å². The Balaban J connectivity index is 2.50. The third-order valence-electron chi connectivity index (χ3n) is 5.06. The molecule has 3 nitrogen and oxygen atoms in total. The highest BCUT2D eigenvalue weighted by Crippen LogP contribution is 2.28. The molecule has 1 aliphatic heterocycles. The van der Waals surface area contributed by atoms with Gasteiger partial charge in [0.1, 0.15) is 0 Å². The van der Waals surface area contributed by atoms with Crippen molar-refractivity contribution in [2.75, 3.05) is 45.8 Å². The van der Waals surface area contributed by atoms with Gasteiger partial charge in [-0.2, -0.15) is 0 Å². The molecule has 0 bridgehead atoms. The van der Waals surface area contributed by atoms with Gasteiger partial charge < -0.3 is 15.1 Å². The van der Waals surface area contributed by atoms with Crippen molar-refractivity contribution in [2.45, 2.75) is 66.3 Å². The van der Waals surface area contributed by atoms with Gasteiger partial charge in [-0.1, -0.05) is 20.8 Å². The van der Waals surface area contributed by atoms with Crippen molar-refractivity contribution in [3.63, 3.8) is 0 Å². The van der Waals surface area contributed by atoms with E-state index >= 15 is 0 Å². The normalized spacial score (nSPS) is 19.1. The molecule has 0 spiro atoms. The first-order valence-corrected chi connectivity index (χ1v) is 9.04. The molecule has 3 heteroatoms. The summed E-state index contributed by atoms with van der Waals surface area (Å²) >= 11 is 0. The van der Waals surface area contributed by atoms with Crippen LogP contribution in [0, 0.1) is 5.41 Å². The third-order valence-corrected chi connectivity index (χ3v) is 5.06. The van der Waals surface area contributed by atoms with E-state index in [1.807, 2.05) is 0 Å². The molecule has 1 fully saturated rings. The molecule has 21 heavy (non-hydrogen) atoms. The summed E-state index contributed by atoms with van der Waals surface area (Å²) in [4.78, 5) is 5.31. The van der Waals surface area contributed by atoms with E-state index in [0.29, 0.717) is 5.41 Å². The number of hydrogen-bond donors (Lipinski definition) is 1. The minimum absolute atomic E-state index is 0.218. The summed E-state index contributed by atoms with van der Waals surface area (Å²) in [5.74, 6) is 0. The smallest absolute Gasteiger partial charge is 0.0110 e. The van der Waals surface area contributed by atoms with Gasteiger partial charge in [-0.15, -0.1) is 0 Å². The van der Waals surface area contributed by atoms with Gasteiger partial charge in [-0.3, -0.25) is 0 Å². The molecule has 0 aromatic rings. The van der Waals surface area contributed by atoms with Crippen LogP contribution < -0.4 is 5.32 Å². The molecule has 0 aliphatic carbocycles. The summed E-state index contributed by atoms with van der Waals surface area (Å²) in [7, 11) is 0. The minimum Gasteiger partial charge on any atom is -0.311 e. The molecular formula is C18H39N3. The summed E-state index contributed by atoms with van der Waals surface area (Å²) in [5, 5.41) is 3.75. The van der Waals surface area contributed by atoms with Gasteiger partial charge in [0.15, 0.2) is 0 Å². The van der Waals surface area contributed by atoms with Crippen molar-refractivity contribution < 1.29 is 0 Å². The molecule has 1 N–H and O–H groups in total. The van der Waals surface area contributed by atoms with Crippen LogP contribution in [0.5, 0.6) is 0 Å². The third kappa shape index (κ3) is 6.66. The Morgan fingerprint density at radius 1 is 0.857 bits per heavy atom. The lowest BCUT2D eigenvalue weighted by Gasteiger charge is -2.42. The van der Waals surface area contributed by atoms with Gasteiger partial charge in [-0.25, -0.2) is 0 Å². The molecule has 1 aliphatic rings. The van der Waals surface area contributed by atoms with Crippen LogP contribution in [0.15, 0.2) is 0 Å². The van der Waals surface area contributed by atoms with Crippen LogP contribution in [-0.4, -0.2) is 61.2 Å². The molecule has 0 aromatic carbocycles. The standard InChI is InChI=1S/C18H39N3/c1-7-10-20-11-13-21(14-12-20)16-18(8-2,9-3)15-19-17(4,5)6/h19H,7-16H2,1-6H3. The topological polar surface area (TPSA) is 18.5 Å². The first kappa shape index (κ1) is 18.9. The van der Waals surface area contributed by atoms with E-state index in [1.54, 1.807) is 0 Å². The second kappa shape index (κ2) is 8.50. The van der Waals surface area contributed by atoms with Gasteiger partial charge in [0, 0.05) is 44.8 Å². The Morgan fingerprint density at radius 2 is 1.38 bits per heavy atom. The van der Waals surface area contributed by atoms with Crippen LogP contribution in [0.3, 0.4) is 0 Å². The van der Waals surface area contributed by atoms with Gasteiger partial charge in [0.05, 0.1) is 0 Å². The maximum absolute atomic E-state index is 3.75. The zero-order valence-corrected chi connectivity index (χ0v) is 15.5. The number of nitrogens with zero attached hydrogens (tertiary/aromatic N) is 2. The van der Waals surface area contributed by atoms with E-state index < -0.39 is 0 Å². The zero-order chi connectivity index (χ0) is 15.9. The number of nitrogens with one attached hydrogen (secondary N) is 1. The largest absolute Gasteiger partial charge is 0.311 e. The van der Waals surface area contributed by atoms with E-state index in [1.165, 1.54) is 58.5 Å². The van der Waals surface area contributed by atoms with Crippen LogP contribution in [0.2, 0.25) is 0 Å². The Morgan fingerprint density at radius 3 is 1.81 bits per heavy atom. The molecule has 126 valence electrons. The number of piperazine rings is 1. The Bertz CT molecular complexity index is 271. The molecule has 0 radical (unpaired) electrons. The van der Waals surface area contributed by atoms with Crippen molar-refractivity contribution in [3.8, 4) is 0 Å². The lowest BCUT2D eigenvalue weighted by molar-refractivity contribution is 0.0749. The maximum Gasteiger partial charge on any atom is 0.0110 e. The quantitative estimate of drug-likeness (QED) is 0.742. The highest BCUT2D eigenvalue weighted by atomic mass is 15.3. The first-order chi connectivity index (χ1) is 9.84. The molecular weight excluding hydrogens is 258 g/mol. The Hall–Kier alpha value is -0.120. The Labute approximate surface area is 133 Å². The van der Waals surface area contributed by atoms with Gasteiger partial charge in [-0.05, 0) is 52.0 Å². The van der Waals surface area contributed by atoms with Crippen LogP contribution in [-0.2, 0) is 0 Å². The van der Waals surface area contributed by atoms with E-state index in [-0.39, 0.29) is 5.54 Å². The second-order valence-electron chi connectivity index (χ2n) is 7.93. The fraction of sp³-hybridized carbons (Fsp3) is 1.00. The van der Waals surface area contributed by atoms with Crippen LogP contribution >= 0.6 is 0 Å². The number of hydrogen-bond acceptors (Lipinski definition) is 3. The van der Waals surface area contributed by atoms with Crippen molar-refractivity contribution >= 4 is 0 Å². The summed E-state index contributed by atoms with van der Waals surface area (Å²) in [5.41, 5.74) is 0.648. The average Bonchev–Trinajstić information content (AvgIpc) is 2.45. The fourth-order valence-corrected chi connectivity index (χ4v) is 3.19. The van der Waals surface area contributed by atoms with E-state index in [2.05, 4.69) is 56.7 Å². The van der Waals surface area contributed by atoms with Gasteiger partial charge >= 0.3 is 0 Å². The fourth-order valence-electron chi connectivity index (χ4n) is 3.19. The van der Waals surface area contributed by atoms with Crippen LogP contribution in [0.1, 0.15) is 60.8 Å². The lowest BCUT2D eigenvalue weighted by atomic mass is 9.80. The highest BCUT2D eigenvalue weighted by molar-refractivity contribution is 4.87. The van der Waals surface area contributed by atoms with E-state index in [4.69, 9.17) is 0 Å². The molecule has 1 rings (SSSR count). The first-order valence-electron chi connectivity index (χ1n) is 9.04. The molecule has 0 atom stereocenters.